The molecule has 4 nitrogen and oxygen atoms in total. The van der Waals surface area contributed by atoms with Crippen LogP contribution in [0.5, 0.6) is 0 Å². The number of amides is 1. The minimum Gasteiger partial charge on any atom is -0.369 e. The van der Waals surface area contributed by atoms with E-state index in [0.717, 1.165) is 5.56 Å². The van der Waals surface area contributed by atoms with Gasteiger partial charge in [-0.05, 0) is 36.8 Å². The SMILES string of the molecule is Cc1ccc(NC(=O)OC(=O)C(F)(F)F)c(-c2cccc(F)c2)c1. The van der Waals surface area contributed by atoms with Crippen molar-refractivity contribution in [3.8, 4) is 11.1 Å². The Morgan fingerprint density at radius 3 is 2.42 bits per heavy atom. The molecule has 0 aliphatic carbocycles. The standard InChI is InChI=1S/C16H11F4NO3/c1-9-5-6-13(21-15(23)24-14(22)16(18,19)20)12(7-9)10-3-2-4-11(17)8-10/h2-8H,1H3,(H,21,23). The van der Waals surface area contributed by atoms with E-state index >= 15 is 0 Å². The van der Waals surface area contributed by atoms with Gasteiger partial charge in [-0.2, -0.15) is 13.2 Å². The lowest BCUT2D eigenvalue weighted by Gasteiger charge is -2.12. The van der Waals surface area contributed by atoms with Gasteiger partial charge in [-0.15, -0.1) is 0 Å². The van der Waals surface area contributed by atoms with E-state index in [1.54, 1.807) is 25.1 Å². The van der Waals surface area contributed by atoms with Crippen LogP contribution >= 0.6 is 0 Å². The minimum atomic E-state index is -5.28. The summed E-state index contributed by atoms with van der Waals surface area (Å²) in [6.07, 6.45) is -6.87. The smallest absolute Gasteiger partial charge is 0.369 e. The second-order valence-electron chi connectivity index (χ2n) is 4.86. The van der Waals surface area contributed by atoms with Crippen molar-refractivity contribution in [3.05, 3.63) is 53.8 Å². The van der Waals surface area contributed by atoms with Crippen molar-refractivity contribution in [2.75, 3.05) is 5.32 Å². The summed E-state index contributed by atoms with van der Waals surface area (Å²) in [4.78, 5) is 22.1. The molecule has 0 radical (unpaired) electrons. The highest BCUT2D eigenvalue weighted by Crippen LogP contribution is 2.30. The first-order valence-electron chi connectivity index (χ1n) is 6.63. The van der Waals surface area contributed by atoms with Gasteiger partial charge in [0.25, 0.3) is 0 Å². The quantitative estimate of drug-likeness (QED) is 0.499. The third-order valence-electron chi connectivity index (χ3n) is 2.96. The van der Waals surface area contributed by atoms with Crippen LogP contribution in [0.25, 0.3) is 11.1 Å². The summed E-state index contributed by atoms with van der Waals surface area (Å²) in [7, 11) is 0. The van der Waals surface area contributed by atoms with E-state index < -0.39 is 24.1 Å². The van der Waals surface area contributed by atoms with Crippen LogP contribution in [0, 0.1) is 12.7 Å². The fourth-order valence-electron chi connectivity index (χ4n) is 1.94. The molecular weight excluding hydrogens is 330 g/mol. The van der Waals surface area contributed by atoms with E-state index in [4.69, 9.17) is 0 Å². The van der Waals surface area contributed by atoms with Crippen molar-refractivity contribution >= 4 is 17.7 Å². The number of halogens is 4. The van der Waals surface area contributed by atoms with Crippen molar-refractivity contribution in [2.45, 2.75) is 13.1 Å². The maximum atomic E-state index is 13.4. The second-order valence-corrected chi connectivity index (χ2v) is 4.86. The van der Waals surface area contributed by atoms with Crippen molar-refractivity contribution in [1.29, 1.82) is 0 Å². The summed E-state index contributed by atoms with van der Waals surface area (Å²) >= 11 is 0. The van der Waals surface area contributed by atoms with Crippen molar-refractivity contribution in [3.63, 3.8) is 0 Å². The number of alkyl halides is 3. The minimum absolute atomic E-state index is 0.0752. The lowest BCUT2D eigenvalue weighted by molar-refractivity contribution is -0.192. The Kier molecular flexibility index (Phi) is 4.87. The molecule has 24 heavy (non-hydrogen) atoms. The van der Waals surface area contributed by atoms with Gasteiger partial charge in [0.2, 0.25) is 0 Å². The number of rotatable bonds is 2. The molecule has 2 aromatic rings. The van der Waals surface area contributed by atoms with E-state index in [-0.39, 0.29) is 5.69 Å². The highest BCUT2D eigenvalue weighted by atomic mass is 19.4. The van der Waals surface area contributed by atoms with Crippen LogP contribution in [0.15, 0.2) is 42.5 Å². The van der Waals surface area contributed by atoms with Gasteiger partial charge in [0.15, 0.2) is 0 Å². The molecule has 1 amide bonds. The van der Waals surface area contributed by atoms with Crippen molar-refractivity contribution < 1.29 is 31.9 Å². The molecule has 2 aromatic carbocycles. The third-order valence-corrected chi connectivity index (χ3v) is 2.96. The van der Waals surface area contributed by atoms with Gasteiger partial charge in [-0.25, -0.2) is 14.0 Å². The maximum absolute atomic E-state index is 13.4. The summed E-state index contributed by atoms with van der Waals surface area (Å²) in [5.74, 6) is -3.14. The van der Waals surface area contributed by atoms with Crippen LogP contribution in [-0.4, -0.2) is 18.2 Å². The first kappa shape index (κ1) is 17.5. The molecule has 126 valence electrons. The number of hydrogen-bond acceptors (Lipinski definition) is 3. The zero-order valence-corrected chi connectivity index (χ0v) is 12.3. The van der Waals surface area contributed by atoms with E-state index in [1.807, 2.05) is 0 Å². The number of carbonyl (C=O) groups is 2. The van der Waals surface area contributed by atoms with E-state index in [2.05, 4.69) is 10.1 Å². The summed E-state index contributed by atoms with van der Waals surface area (Å²) in [6.45, 7) is 1.75. The molecule has 0 aliphatic rings. The molecule has 0 atom stereocenters. The Labute approximate surface area is 134 Å². The summed E-state index contributed by atoms with van der Waals surface area (Å²) in [5.41, 5.74) is 1.62. The molecule has 0 saturated carbocycles. The largest absolute Gasteiger partial charge is 0.491 e. The third kappa shape index (κ3) is 4.31. The van der Waals surface area contributed by atoms with Gasteiger partial charge in [-0.1, -0.05) is 23.8 Å². The van der Waals surface area contributed by atoms with Crippen LogP contribution in [0.4, 0.5) is 28.0 Å². The molecule has 0 heterocycles. The number of nitrogens with one attached hydrogen (secondary N) is 1. The molecule has 0 spiro atoms. The predicted molar refractivity (Wildman–Crippen MR) is 77.7 cm³/mol. The molecule has 0 saturated heterocycles. The second kappa shape index (κ2) is 6.69. The normalized spacial score (nSPS) is 11.0. The lowest BCUT2D eigenvalue weighted by Crippen LogP contribution is -2.30. The lowest BCUT2D eigenvalue weighted by atomic mass is 10.0. The Morgan fingerprint density at radius 2 is 1.79 bits per heavy atom. The fourth-order valence-corrected chi connectivity index (χ4v) is 1.94. The summed E-state index contributed by atoms with van der Waals surface area (Å²) in [5, 5.41) is 2.05. The average Bonchev–Trinajstić information content (AvgIpc) is 2.48. The fraction of sp³-hybridized carbons (Fsp3) is 0.125. The number of ether oxygens (including phenoxy) is 1. The van der Waals surface area contributed by atoms with Crippen molar-refractivity contribution in [1.82, 2.24) is 0 Å². The molecular formula is C16H11F4NO3. The van der Waals surface area contributed by atoms with Crippen LogP contribution in [0.1, 0.15) is 5.56 Å². The highest BCUT2D eigenvalue weighted by Gasteiger charge is 2.42. The zero-order valence-electron chi connectivity index (χ0n) is 12.3. The number of benzene rings is 2. The van der Waals surface area contributed by atoms with Crippen LogP contribution in [0.3, 0.4) is 0 Å². The number of esters is 1. The van der Waals surface area contributed by atoms with Gasteiger partial charge >= 0.3 is 18.2 Å². The summed E-state index contributed by atoms with van der Waals surface area (Å²) in [6, 6.07) is 10.0. The topological polar surface area (TPSA) is 55.4 Å². The van der Waals surface area contributed by atoms with Gasteiger partial charge in [0.1, 0.15) is 5.82 Å². The Bertz CT molecular complexity index is 787. The molecule has 1 N–H and O–H groups in total. The van der Waals surface area contributed by atoms with Crippen LogP contribution in [-0.2, 0) is 9.53 Å². The highest BCUT2D eigenvalue weighted by molar-refractivity contribution is 5.97. The van der Waals surface area contributed by atoms with Gasteiger partial charge in [0.05, 0.1) is 5.69 Å². The van der Waals surface area contributed by atoms with Crippen LogP contribution < -0.4 is 5.32 Å². The first-order valence-corrected chi connectivity index (χ1v) is 6.63. The molecule has 0 aliphatic heterocycles. The summed E-state index contributed by atoms with van der Waals surface area (Å²) < 4.78 is 53.3. The number of aryl methyl sites for hydroxylation is 1. The molecule has 0 bridgehead atoms. The Morgan fingerprint density at radius 1 is 1.08 bits per heavy atom. The number of hydrogen-bond donors (Lipinski definition) is 1. The Balaban J connectivity index is 2.28. The molecule has 0 unspecified atom stereocenters. The van der Waals surface area contributed by atoms with Gasteiger partial charge in [-0.3, -0.25) is 5.32 Å². The maximum Gasteiger partial charge on any atom is 0.491 e. The molecule has 0 fully saturated rings. The Hall–Kier alpha value is -2.90. The number of carbonyl (C=O) groups excluding carboxylic acids is 2. The van der Waals surface area contributed by atoms with Crippen LogP contribution in [0.2, 0.25) is 0 Å². The van der Waals surface area contributed by atoms with E-state index in [0.29, 0.717) is 11.1 Å². The van der Waals surface area contributed by atoms with Gasteiger partial charge in [0, 0.05) is 5.56 Å². The molecule has 8 heteroatoms. The predicted octanol–water partition coefficient (Wildman–Crippen LogP) is 4.44. The monoisotopic (exact) mass is 341 g/mol. The van der Waals surface area contributed by atoms with Gasteiger partial charge < -0.3 is 4.74 Å². The zero-order chi connectivity index (χ0) is 17.9. The van der Waals surface area contributed by atoms with E-state index in [9.17, 15) is 27.2 Å². The number of anilines is 1. The molecule has 0 aromatic heterocycles. The van der Waals surface area contributed by atoms with Crippen molar-refractivity contribution in [2.24, 2.45) is 0 Å². The van der Waals surface area contributed by atoms with E-state index in [1.165, 1.54) is 24.3 Å². The first-order chi connectivity index (χ1) is 11.2. The average molecular weight is 341 g/mol. The molecule has 2 rings (SSSR count).